The van der Waals surface area contributed by atoms with Gasteiger partial charge in [0.25, 0.3) is 0 Å². The molecule has 6 heteroatoms. The van der Waals surface area contributed by atoms with Gasteiger partial charge < -0.3 is 24.4 Å². The number of nitrogens with zero attached hydrogens (tertiary/aromatic N) is 3. The van der Waals surface area contributed by atoms with Crippen LogP contribution >= 0.6 is 11.8 Å². The summed E-state index contributed by atoms with van der Waals surface area (Å²) in [6.45, 7) is 80.0. The van der Waals surface area contributed by atoms with Crippen LogP contribution in [0, 0.1) is 0 Å². The quantitative estimate of drug-likeness (QED) is 0.191. The Morgan fingerprint density at radius 1 is 0.214 bits per heavy atom. The molecule has 16 rings (SSSR count). The van der Waals surface area contributed by atoms with Gasteiger partial charge in [-0.25, -0.2) is 0 Å². The molecular formula is C111H172N4OS. The van der Waals surface area contributed by atoms with Crippen molar-refractivity contribution < 1.29 is 4.74 Å². The maximum Gasteiger partial charge on any atom is 0.151 e. The summed E-state index contributed by atoms with van der Waals surface area (Å²) < 4.78 is 5.99. The number of anilines is 9. The summed E-state index contributed by atoms with van der Waals surface area (Å²) in [6.07, 6.45) is 1.01. The fourth-order valence-electron chi connectivity index (χ4n) is 10.7. The van der Waals surface area contributed by atoms with Gasteiger partial charge in [0.15, 0.2) is 11.5 Å². The van der Waals surface area contributed by atoms with Crippen molar-refractivity contribution in [3.8, 4) is 11.5 Å². The number of hydrogen-bond acceptors (Lipinski definition) is 5. The first-order valence-electron chi connectivity index (χ1n) is 46.0. The van der Waals surface area contributed by atoms with E-state index in [1.807, 2.05) is 331 Å². The molecule has 3 aliphatic rings. The third-order valence-corrected chi connectivity index (χ3v) is 15.3. The summed E-state index contributed by atoms with van der Waals surface area (Å²) in [4.78, 5) is 13.0. The maximum atomic E-state index is 5.99. The van der Waals surface area contributed by atoms with Crippen molar-refractivity contribution in [3.63, 3.8) is 0 Å². The van der Waals surface area contributed by atoms with E-state index in [-0.39, 0.29) is 0 Å². The molecule has 0 saturated heterocycles. The lowest BCUT2D eigenvalue weighted by molar-refractivity contribution is 0.477. The minimum Gasteiger partial charge on any atom is -0.453 e. The Kier molecular flexibility index (Phi) is 93.1. The Bertz CT molecular complexity index is 3730. The van der Waals surface area contributed by atoms with Gasteiger partial charge in [0.1, 0.15) is 0 Å². The van der Waals surface area contributed by atoms with E-state index in [1.54, 1.807) is 0 Å². The van der Waals surface area contributed by atoms with Crippen molar-refractivity contribution in [2.75, 3.05) is 14.7 Å². The molecule has 0 fully saturated rings. The average Bonchev–Trinajstić information content (AvgIpc) is 1.69. The second-order valence-electron chi connectivity index (χ2n) is 18.9. The molecule has 0 radical (unpaired) electrons. The van der Waals surface area contributed by atoms with Gasteiger partial charge >= 0.3 is 0 Å². The fraction of sp³-hybridized carbons (Fsp3) is 0.369. The molecule has 0 aliphatic carbocycles. The van der Waals surface area contributed by atoms with Crippen molar-refractivity contribution in [1.82, 2.24) is 4.98 Å². The van der Waals surface area contributed by atoms with Gasteiger partial charge in [0, 0.05) is 66.3 Å². The minimum atomic E-state index is 0.884. The zero-order chi connectivity index (χ0) is 91.3. The highest BCUT2D eigenvalue weighted by Crippen LogP contribution is 2.52. The van der Waals surface area contributed by atoms with Gasteiger partial charge in [0.05, 0.1) is 28.3 Å². The van der Waals surface area contributed by atoms with Crippen LogP contribution in [-0.4, -0.2) is 4.98 Å². The molecule has 0 bridgehead atoms. The van der Waals surface area contributed by atoms with E-state index in [0.29, 0.717) is 0 Å². The van der Waals surface area contributed by atoms with Crippen LogP contribution in [0.4, 0.5) is 51.2 Å². The van der Waals surface area contributed by atoms with E-state index in [1.165, 1.54) is 87.6 Å². The summed E-state index contributed by atoms with van der Waals surface area (Å²) in [6, 6.07) is 104. The van der Waals surface area contributed by atoms with E-state index < -0.39 is 0 Å². The SMILES string of the molecule is CC.CC.CC.CC.CC.CC.CC.CC.CC.CC.CC.CC.CC.CC.CC.CC.CC.CC.CC.CC.c1ccc(N2c3ccccc3Cc3ccccc32)cc1.c1ccc(N2c3ccccc3Oc3ccccc32)cc1.c1ccc(N2c3ccccc3Sc3ccccc32)cc1.c1ccc2c(c1)ccc1c3ccccc3[nH]c21. The first-order valence-corrected chi connectivity index (χ1v) is 46.9. The predicted molar refractivity (Wildman–Crippen MR) is 551 cm³/mol. The summed E-state index contributed by atoms with van der Waals surface area (Å²) in [5.41, 5.74) is 16.0. The zero-order valence-corrected chi connectivity index (χ0v) is 83.0. The fourth-order valence-corrected chi connectivity index (χ4v) is 11.7. The largest absolute Gasteiger partial charge is 0.453 e. The van der Waals surface area contributed by atoms with Crippen LogP contribution in [-0.2, 0) is 6.42 Å². The van der Waals surface area contributed by atoms with Gasteiger partial charge in [-0.15, -0.1) is 0 Å². The molecule has 117 heavy (non-hydrogen) atoms. The lowest BCUT2D eigenvalue weighted by Crippen LogP contribution is -2.18. The van der Waals surface area contributed by atoms with Crippen molar-refractivity contribution in [3.05, 3.63) is 308 Å². The highest BCUT2D eigenvalue weighted by atomic mass is 32.2. The van der Waals surface area contributed by atoms with Crippen LogP contribution in [0.15, 0.2) is 307 Å². The minimum absolute atomic E-state index is 0.884. The summed E-state index contributed by atoms with van der Waals surface area (Å²) in [5, 5.41) is 5.18. The summed E-state index contributed by atoms with van der Waals surface area (Å²) in [5.74, 6) is 1.77. The lowest BCUT2D eigenvalue weighted by atomic mass is 9.95. The Balaban J connectivity index is -0.000000197. The van der Waals surface area contributed by atoms with E-state index in [0.717, 1.165) is 35.0 Å². The van der Waals surface area contributed by atoms with Crippen molar-refractivity contribution in [1.29, 1.82) is 0 Å². The van der Waals surface area contributed by atoms with Gasteiger partial charge in [0.2, 0.25) is 0 Å². The Hall–Kier alpha value is -9.75. The van der Waals surface area contributed by atoms with Crippen LogP contribution in [0.5, 0.6) is 11.5 Å². The zero-order valence-electron chi connectivity index (χ0n) is 82.2. The standard InChI is InChI=1S/C19H15N.C18H13NO.C18H13NS.C16H11N.20C2H6/c1-2-10-17(11-3-1)20-18-12-6-4-8-15(18)14-16-9-5-7-13-19(16)20;2*1-2-8-14(9-3-1)19-15-10-4-6-12-17(15)20-18-13-7-5-11-16(18)19;1-2-6-12-11(5-1)9-10-14-13-7-3-4-8-15(13)17-16(12)14;20*1-2/h1-13H,14H2;2*1-13H;1-10,17H;20*1-2H3. The Labute approximate surface area is 728 Å². The summed E-state index contributed by atoms with van der Waals surface area (Å²) in [7, 11) is 0. The highest BCUT2D eigenvalue weighted by molar-refractivity contribution is 7.99. The Morgan fingerprint density at radius 2 is 0.470 bits per heavy atom. The highest BCUT2D eigenvalue weighted by Gasteiger charge is 2.27. The number of nitrogens with one attached hydrogen (secondary N) is 1. The molecule has 1 aromatic heterocycles. The van der Waals surface area contributed by atoms with E-state index >= 15 is 0 Å². The van der Waals surface area contributed by atoms with Gasteiger partial charge in [-0.3, -0.25) is 0 Å². The van der Waals surface area contributed by atoms with E-state index in [9.17, 15) is 0 Å². The van der Waals surface area contributed by atoms with Crippen LogP contribution in [0.2, 0.25) is 0 Å². The number of aromatic amines is 1. The number of fused-ring (bicyclic) bond motifs is 11. The second kappa shape index (κ2) is 88.6. The summed E-state index contributed by atoms with van der Waals surface area (Å²) >= 11 is 1.84. The second-order valence-corrected chi connectivity index (χ2v) is 20.0. The average molecular weight is 1610 g/mol. The van der Waals surface area contributed by atoms with E-state index in [4.69, 9.17) is 4.74 Å². The number of hydrogen-bond donors (Lipinski definition) is 1. The molecular weight excluding hydrogens is 1440 g/mol. The molecule has 0 atom stereocenters. The number of para-hydroxylation sites is 12. The smallest absolute Gasteiger partial charge is 0.151 e. The first-order chi connectivity index (χ1) is 58.2. The number of rotatable bonds is 3. The van der Waals surface area contributed by atoms with Gasteiger partial charge in [-0.1, -0.05) is 483 Å². The van der Waals surface area contributed by atoms with Gasteiger partial charge in [-0.2, -0.15) is 0 Å². The Morgan fingerprint density at radius 3 is 0.829 bits per heavy atom. The van der Waals surface area contributed by atoms with Crippen molar-refractivity contribution in [2.45, 2.75) is 293 Å². The topological polar surface area (TPSA) is 34.7 Å². The van der Waals surface area contributed by atoms with Crippen molar-refractivity contribution in [2.24, 2.45) is 0 Å². The molecule has 13 aromatic rings. The molecule has 3 aliphatic heterocycles. The van der Waals surface area contributed by atoms with Crippen molar-refractivity contribution >= 4 is 95.5 Å². The van der Waals surface area contributed by atoms with E-state index in [2.05, 4.69) is 274 Å². The third kappa shape index (κ3) is 39.4. The molecule has 0 unspecified atom stereocenters. The predicted octanol–water partition coefficient (Wildman–Crippen LogP) is 40.9. The van der Waals surface area contributed by atoms with Crippen LogP contribution in [0.1, 0.15) is 288 Å². The molecule has 4 heterocycles. The molecule has 0 amide bonds. The molecule has 12 aromatic carbocycles. The first kappa shape index (κ1) is 123. The number of benzene rings is 12. The maximum absolute atomic E-state index is 5.99. The molecule has 0 saturated carbocycles. The van der Waals surface area contributed by atoms with Crippen LogP contribution < -0.4 is 19.4 Å². The van der Waals surface area contributed by atoms with Gasteiger partial charge in [-0.05, 0) is 120 Å². The molecule has 0 spiro atoms. The number of H-pyrrole nitrogens is 1. The number of ether oxygens (including phenoxy) is 1. The lowest BCUT2D eigenvalue weighted by Gasteiger charge is -2.33. The third-order valence-electron chi connectivity index (χ3n) is 14.2. The van der Waals surface area contributed by atoms with Crippen LogP contribution in [0.3, 0.4) is 0 Å². The monoisotopic (exact) mass is 1610 g/mol. The molecule has 1 N–H and O–H groups in total. The molecule has 648 valence electrons. The van der Waals surface area contributed by atoms with Crippen LogP contribution in [0.25, 0.3) is 32.6 Å². The number of aromatic nitrogens is 1. The normalized spacial score (nSPS) is 9.15. The molecule has 5 nitrogen and oxygen atoms in total.